The van der Waals surface area contributed by atoms with Gasteiger partial charge in [-0.3, -0.25) is 14.2 Å². The van der Waals surface area contributed by atoms with Crippen LogP contribution in [0.4, 0.5) is 5.69 Å². The molecule has 0 radical (unpaired) electrons. The van der Waals surface area contributed by atoms with Gasteiger partial charge in [0.15, 0.2) is 5.57 Å². The average Bonchev–Trinajstić information content (AvgIpc) is 3.30. The van der Waals surface area contributed by atoms with Crippen molar-refractivity contribution < 1.29 is 9.53 Å². The summed E-state index contributed by atoms with van der Waals surface area (Å²) in [4.78, 5) is 27.3. The molecule has 0 unspecified atom stereocenters. The molecule has 7 heteroatoms. The number of aromatic nitrogens is 1. The lowest BCUT2D eigenvalue weighted by Gasteiger charge is -2.09. The maximum Gasteiger partial charge on any atom is 0.273 e. The highest BCUT2D eigenvalue weighted by Gasteiger charge is 2.18. The van der Waals surface area contributed by atoms with Crippen molar-refractivity contribution in [3.05, 3.63) is 144 Å². The van der Waals surface area contributed by atoms with Crippen LogP contribution >= 0.6 is 11.3 Å². The van der Waals surface area contributed by atoms with Gasteiger partial charge in [-0.1, -0.05) is 66.7 Å². The van der Waals surface area contributed by atoms with Crippen LogP contribution in [-0.2, 0) is 11.4 Å². The zero-order valence-corrected chi connectivity index (χ0v) is 24.4. The van der Waals surface area contributed by atoms with Crippen LogP contribution in [0.15, 0.2) is 102 Å². The summed E-state index contributed by atoms with van der Waals surface area (Å²) in [6.07, 6.45) is 1.76. The summed E-state index contributed by atoms with van der Waals surface area (Å²) >= 11 is 1.11. The van der Waals surface area contributed by atoms with Gasteiger partial charge in [0.1, 0.15) is 23.1 Å². The van der Waals surface area contributed by atoms with E-state index >= 15 is 0 Å². The zero-order chi connectivity index (χ0) is 29.6. The monoisotopic (exact) mass is 571 g/mol. The van der Waals surface area contributed by atoms with Crippen LogP contribution in [0.1, 0.15) is 27.8 Å². The van der Waals surface area contributed by atoms with E-state index in [1.54, 1.807) is 12.1 Å². The molecular weight excluding hydrogens is 542 g/mol. The molecule has 5 rings (SSSR count). The highest BCUT2D eigenvalue weighted by molar-refractivity contribution is 7.07. The topological polar surface area (TPSA) is 84.1 Å². The van der Waals surface area contributed by atoms with Crippen molar-refractivity contribution in [2.45, 2.75) is 27.4 Å². The van der Waals surface area contributed by atoms with Gasteiger partial charge in [0.25, 0.3) is 11.5 Å². The molecule has 4 aromatic carbocycles. The molecule has 208 valence electrons. The zero-order valence-electron chi connectivity index (χ0n) is 23.5. The molecular formula is C35H29N3O3S. The largest absolute Gasteiger partial charge is 0.489 e. The minimum Gasteiger partial charge on any atom is -0.489 e. The molecule has 0 aliphatic heterocycles. The van der Waals surface area contributed by atoms with Crippen LogP contribution in [0.2, 0.25) is 0 Å². The molecule has 5 aromatic rings. The lowest BCUT2D eigenvalue weighted by atomic mass is 10.1. The second-order valence-electron chi connectivity index (χ2n) is 9.93. The Morgan fingerprint density at radius 2 is 1.67 bits per heavy atom. The van der Waals surface area contributed by atoms with Gasteiger partial charge in [0.05, 0.1) is 10.2 Å². The number of para-hydroxylation sites is 1. The third kappa shape index (κ3) is 6.25. The highest BCUT2D eigenvalue weighted by atomic mass is 32.1. The summed E-state index contributed by atoms with van der Waals surface area (Å²) in [6.45, 7) is 6.26. The summed E-state index contributed by atoms with van der Waals surface area (Å²) in [5.41, 5.74) is 5.51. The Labute approximate surface area is 248 Å². The van der Waals surface area contributed by atoms with Gasteiger partial charge in [0, 0.05) is 5.69 Å². The number of carbonyl (C=O) groups is 1. The van der Waals surface area contributed by atoms with Gasteiger partial charge < -0.3 is 10.1 Å². The Hall–Kier alpha value is -5.19. The maximum atomic E-state index is 13.9. The highest BCUT2D eigenvalue weighted by Crippen LogP contribution is 2.17. The van der Waals surface area contributed by atoms with E-state index in [1.807, 2.05) is 112 Å². The van der Waals surface area contributed by atoms with E-state index in [0.29, 0.717) is 28.3 Å². The molecule has 0 fully saturated rings. The summed E-state index contributed by atoms with van der Waals surface area (Å²) < 4.78 is 8.09. The lowest BCUT2D eigenvalue weighted by molar-refractivity contribution is -0.111. The van der Waals surface area contributed by atoms with Gasteiger partial charge in [0.2, 0.25) is 0 Å². The van der Waals surface area contributed by atoms with E-state index in [1.165, 1.54) is 4.57 Å². The Bertz CT molecular complexity index is 2000. The van der Waals surface area contributed by atoms with Crippen molar-refractivity contribution >= 4 is 34.6 Å². The molecule has 0 aliphatic rings. The normalized spacial score (nSPS) is 12.0. The fourth-order valence-electron chi connectivity index (χ4n) is 4.48. The van der Waals surface area contributed by atoms with E-state index < -0.39 is 5.91 Å². The summed E-state index contributed by atoms with van der Waals surface area (Å²) in [5.74, 6) is 0.0906. The quantitative estimate of drug-likeness (QED) is 0.278. The van der Waals surface area contributed by atoms with E-state index in [0.717, 1.165) is 39.2 Å². The Balaban J connectivity index is 1.61. The molecule has 0 saturated heterocycles. The van der Waals surface area contributed by atoms with Gasteiger partial charge in [-0.2, -0.15) is 5.26 Å². The van der Waals surface area contributed by atoms with Crippen molar-refractivity contribution in [1.29, 1.82) is 5.26 Å². The van der Waals surface area contributed by atoms with Crippen molar-refractivity contribution in [3.8, 4) is 17.5 Å². The number of hydrogen-bond donors (Lipinski definition) is 1. The number of carbonyl (C=O) groups excluding carboxylic acids is 1. The number of thiazole rings is 1. The first-order chi connectivity index (χ1) is 20.3. The lowest BCUT2D eigenvalue weighted by Crippen LogP contribution is -2.32. The van der Waals surface area contributed by atoms with Crippen LogP contribution in [0.25, 0.3) is 17.3 Å². The molecule has 1 amide bonds. The standard InChI is InChI=1S/C35H29N3O3S/c1-23-16-17-28(18-25(23)3)37-33(39)30(21-36)35-38(31-15-8-7-10-24(31)2)34(40)32(42-35)20-27-13-9-14-29(19-27)41-22-26-11-5-4-6-12-26/h4-20H,22H2,1-3H3,(H,37,39)/b32-20-,35-30+. The molecule has 1 heterocycles. The van der Waals surface area contributed by atoms with Crippen LogP contribution < -0.4 is 24.8 Å². The maximum absolute atomic E-state index is 13.9. The molecule has 1 aromatic heterocycles. The molecule has 6 nitrogen and oxygen atoms in total. The Morgan fingerprint density at radius 1 is 0.905 bits per heavy atom. The number of aryl methyl sites for hydroxylation is 3. The van der Waals surface area contributed by atoms with E-state index in [-0.39, 0.29) is 15.8 Å². The van der Waals surface area contributed by atoms with E-state index in [2.05, 4.69) is 11.4 Å². The first-order valence-corrected chi connectivity index (χ1v) is 14.2. The number of ether oxygens (including phenoxy) is 1. The first kappa shape index (κ1) is 28.3. The van der Waals surface area contributed by atoms with Gasteiger partial charge in [-0.15, -0.1) is 11.3 Å². The van der Waals surface area contributed by atoms with Crippen molar-refractivity contribution in [2.75, 3.05) is 5.32 Å². The second-order valence-corrected chi connectivity index (χ2v) is 11.0. The van der Waals surface area contributed by atoms with Crippen molar-refractivity contribution in [2.24, 2.45) is 0 Å². The van der Waals surface area contributed by atoms with Crippen molar-refractivity contribution in [3.63, 3.8) is 0 Å². The Morgan fingerprint density at radius 3 is 2.40 bits per heavy atom. The van der Waals surface area contributed by atoms with E-state index in [9.17, 15) is 14.9 Å². The number of nitrogens with zero attached hydrogens (tertiary/aromatic N) is 2. The van der Waals surface area contributed by atoms with Gasteiger partial charge in [-0.05, 0) is 85.0 Å². The smallest absolute Gasteiger partial charge is 0.273 e. The van der Waals surface area contributed by atoms with Crippen LogP contribution in [0.3, 0.4) is 0 Å². The fraction of sp³-hybridized carbons (Fsp3) is 0.114. The van der Waals surface area contributed by atoms with Gasteiger partial charge in [-0.25, -0.2) is 0 Å². The predicted molar refractivity (Wildman–Crippen MR) is 168 cm³/mol. The number of benzene rings is 4. The summed E-state index contributed by atoms with van der Waals surface area (Å²) in [5, 5.41) is 13.0. The molecule has 0 spiro atoms. The number of hydrogen-bond acceptors (Lipinski definition) is 5. The third-order valence-corrected chi connectivity index (χ3v) is 7.99. The number of nitrogens with one attached hydrogen (secondary N) is 1. The minimum absolute atomic E-state index is 0.141. The molecule has 1 N–H and O–H groups in total. The molecule has 0 atom stereocenters. The third-order valence-electron chi connectivity index (χ3n) is 6.90. The van der Waals surface area contributed by atoms with Crippen molar-refractivity contribution in [1.82, 2.24) is 4.57 Å². The second kappa shape index (κ2) is 12.5. The fourth-order valence-corrected chi connectivity index (χ4v) is 5.57. The summed E-state index contributed by atoms with van der Waals surface area (Å²) in [7, 11) is 0. The molecule has 0 saturated carbocycles. The van der Waals surface area contributed by atoms with E-state index in [4.69, 9.17) is 4.74 Å². The van der Waals surface area contributed by atoms with Crippen LogP contribution in [-0.4, -0.2) is 10.5 Å². The summed E-state index contributed by atoms with van der Waals surface area (Å²) in [6, 6.07) is 32.4. The number of nitriles is 1. The number of rotatable bonds is 7. The first-order valence-electron chi connectivity index (χ1n) is 13.4. The predicted octanol–water partition coefficient (Wildman–Crippen LogP) is 5.55. The van der Waals surface area contributed by atoms with Crippen LogP contribution in [0.5, 0.6) is 5.75 Å². The van der Waals surface area contributed by atoms with Crippen LogP contribution in [0, 0.1) is 32.1 Å². The number of amides is 1. The van der Waals surface area contributed by atoms with Gasteiger partial charge >= 0.3 is 0 Å². The Kier molecular flexibility index (Phi) is 8.47. The molecule has 42 heavy (non-hydrogen) atoms. The number of anilines is 1. The SMILES string of the molecule is Cc1ccc(NC(=O)/C(C#N)=c2/s/c(=C\c3cccc(OCc4ccccc4)c3)c(=O)n2-c2ccccc2C)cc1C. The molecule has 0 bridgehead atoms. The molecule has 0 aliphatic carbocycles. The average molecular weight is 572 g/mol. The minimum atomic E-state index is -0.577.